The molecule has 1 fully saturated rings. The monoisotopic (exact) mass is 311 g/mol. The Labute approximate surface area is 134 Å². The number of hydrogen-bond acceptors (Lipinski definition) is 4. The maximum atomic E-state index is 12.1. The number of rotatable bonds is 4. The number of benzene rings is 2. The Bertz CT molecular complexity index is 697. The van der Waals surface area contributed by atoms with Crippen LogP contribution in [0.4, 0.5) is 10.5 Å². The van der Waals surface area contributed by atoms with Gasteiger partial charge in [-0.1, -0.05) is 30.3 Å². The number of ether oxygens (including phenoxy) is 2. The van der Waals surface area contributed by atoms with E-state index in [1.807, 2.05) is 30.3 Å². The summed E-state index contributed by atoms with van der Waals surface area (Å²) in [5.41, 5.74) is 2.30. The van der Waals surface area contributed by atoms with E-state index in [-0.39, 0.29) is 12.1 Å². The number of cyclic esters (lactones) is 1. The average Bonchev–Trinajstić information content (AvgIpc) is 2.95. The Kier molecular flexibility index (Phi) is 4.28. The third-order valence-corrected chi connectivity index (χ3v) is 3.84. The predicted octanol–water partition coefficient (Wildman–Crippen LogP) is 3.04. The van der Waals surface area contributed by atoms with E-state index in [2.05, 4.69) is 4.74 Å². The van der Waals surface area contributed by atoms with E-state index in [4.69, 9.17) is 4.74 Å². The van der Waals surface area contributed by atoms with Gasteiger partial charge in [0.15, 0.2) is 0 Å². The molecule has 1 amide bonds. The van der Waals surface area contributed by atoms with E-state index in [9.17, 15) is 9.59 Å². The molecule has 1 heterocycles. The Morgan fingerprint density at radius 3 is 2.52 bits per heavy atom. The number of methoxy groups -OCH3 is 1. The number of esters is 1. The predicted molar refractivity (Wildman–Crippen MR) is 85.5 cm³/mol. The van der Waals surface area contributed by atoms with Gasteiger partial charge in [0, 0.05) is 5.69 Å². The lowest BCUT2D eigenvalue weighted by Crippen LogP contribution is -2.35. The molecule has 5 heteroatoms. The molecule has 0 aliphatic carbocycles. The molecule has 0 saturated carbocycles. The molecular weight excluding hydrogens is 294 g/mol. The fourth-order valence-electron chi connectivity index (χ4n) is 2.69. The average molecular weight is 311 g/mol. The van der Waals surface area contributed by atoms with E-state index >= 15 is 0 Å². The highest BCUT2D eigenvalue weighted by atomic mass is 16.6. The standard InChI is InChI=1S/C18H17NO4/c1-22-17(20)14-7-9-15(10-8-14)19-16(12-23-18(19)21)11-13-5-3-2-4-6-13/h2-10,16H,11-12H2,1H3/t16-/m0/s1. The van der Waals surface area contributed by atoms with E-state index in [0.29, 0.717) is 24.3 Å². The number of carbonyl (C=O) groups is 2. The number of carbonyl (C=O) groups excluding carboxylic acids is 2. The largest absolute Gasteiger partial charge is 0.465 e. The maximum absolute atomic E-state index is 12.1. The highest BCUT2D eigenvalue weighted by Crippen LogP contribution is 2.25. The first kappa shape index (κ1) is 15.1. The molecule has 1 atom stereocenters. The summed E-state index contributed by atoms with van der Waals surface area (Å²) in [6.45, 7) is 0.354. The lowest BCUT2D eigenvalue weighted by molar-refractivity contribution is 0.0600. The van der Waals surface area contributed by atoms with Gasteiger partial charge in [0.05, 0.1) is 18.7 Å². The van der Waals surface area contributed by atoms with Crippen LogP contribution in [-0.2, 0) is 15.9 Å². The fraction of sp³-hybridized carbons (Fsp3) is 0.222. The van der Waals surface area contributed by atoms with Crippen LogP contribution in [0, 0.1) is 0 Å². The Hall–Kier alpha value is -2.82. The van der Waals surface area contributed by atoms with Gasteiger partial charge in [0.25, 0.3) is 0 Å². The van der Waals surface area contributed by atoms with Crippen molar-refractivity contribution in [2.24, 2.45) is 0 Å². The normalized spacial score (nSPS) is 17.0. The van der Waals surface area contributed by atoms with Gasteiger partial charge in [-0.3, -0.25) is 4.90 Å². The lowest BCUT2D eigenvalue weighted by Gasteiger charge is -2.21. The number of anilines is 1. The van der Waals surface area contributed by atoms with Crippen LogP contribution in [0.1, 0.15) is 15.9 Å². The first-order chi connectivity index (χ1) is 11.2. The van der Waals surface area contributed by atoms with Crippen LogP contribution in [0.15, 0.2) is 54.6 Å². The minimum absolute atomic E-state index is 0.0612. The van der Waals surface area contributed by atoms with Crippen molar-refractivity contribution in [3.05, 3.63) is 65.7 Å². The van der Waals surface area contributed by atoms with Gasteiger partial charge in [0.1, 0.15) is 6.61 Å². The van der Waals surface area contributed by atoms with Crippen molar-refractivity contribution in [2.45, 2.75) is 12.5 Å². The molecule has 1 aliphatic rings. The summed E-state index contributed by atoms with van der Waals surface area (Å²) in [6.07, 6.45) is 0.350. The molecule has 23 heavy (non-hydrogen) atoms. The zero-order chi connectivity index (χ0) is 16.2. The van der Waals surface area contributed by atoms with Gasteiger partial charge in [-0.05, 0) is 36.2 Å². The quantitative estimate of drug-likeness (QED) is 0.814. The second kappa shape index (κ2) is 6.52. The summed E-state index contributed by atoms with van der Waals surface area (Å²) in [6, 6.07) is 16.7. The van der Waals surface area contributed by atoms with Crippen molar-refractivity contribution < 1.29 is 19.1 Å². The van der Waals surface area contributed by atoms with Gasteiger partial charge in [-0.2, -0.15) is 0 Å². The summed E-state index contributed by atoms with van der Waals surface area (Å²) in [7, 11) is 1.34. The smallest absolute Gasteiger partial charge is 0.414 e. The molecule has 118 valence electrons. The molecule has 1 saturated heterocycles. The van der Waals surface area contributed by atoms with Crippen LogP contribution in [0.3, 0.4) is 0 Å². The van der Waals surface area contributed by atoms with Crippen molar-refractivity contribution in [2.75, 3.05) is 18.6 Å². The van der Waals surface area contributed by atoms with Crippen molar-refractivity contribution >= 4 is 17.7 Å². The third-order valence-electron chi connectivity index (χ3n) is 3.84. The van der Waals surface area contributed by atoms with Gasteiger partial charge in [-0.25, -0.2) is 9.59 Å². The second-order valence-electron chi connectivity index (χ2n) is 5.33. The Morgan fingerprint density at radius 1 is 1.17 bits per heavy atom. The second-order valence-corrected chi connectivity index (χ2v) is 5.33. The van der Waals surface area contributed by atoms with Crippen molar-refractivity contribution in [3.8, 4) is 0 Å². The number of hydrogen-bond donors (Lipinski definition) is 0. The summed E-state index contributed by atoms with van der Waals surface area (Å²) in [5, 5.41) is 0. The molecule has 5 nitrogen and oxygen atoms in total. The topological polar surface area (TPSA) is 55.8 Å². The molecule has 0 unspecified atom stereocenters. The zero-order valence-corrected chi connectivity index (χ0v) is 12.8. The van der Waals surface area contributed by atoms with Gasteiger partial charge < -0.3 is 9.47 Å². The minimum Gasteiger partial charge on any atom is -0.465 e. The summed E-state index contributed by atoms with van der Waals surface area (Å²) in [4.78, 5) is 25.2. The molecule has 0 radical (unpaired) electrons. The first-order valence-corrected chi connectivity index (χ1v) is 7.37. The summed E-state index contributed by atoms with van der Waals surface area (Å²) >= 11 is 0. The van der Waals surface area contributed by atoms with Gasteiger partial charge >= 0.3 is 12.1 Å². The maximum Gasteiger partial charge on any atom is 0.414 e. The molecule has 0 aromatic heterocycles. The molecule has 2 aromatic rings. The van der Waals surface area contributed by atoms with E-state index in [1.165, 1.54) is 7.11 Å². The summed E-state index contributed by atoms with van der Waals surface area (Å²) in [5.74, 6) is -0.401. The van der Waals surface area contributed by atoms with Crippen molar-refractivity contribution in [1.29, 1.82) is 0 Å². The van der Waals surface area contributed by atoms with Crippen LogP contribution in [0.2, 0.25) is 0 Å². The molecular formula is C18H17NO4. The summed E-state index contributed by atoms with van der Waals surface area (Å²) < 4.78 is 9.88. The molecule has 0 spiro atoms. The molecule has 1 aliphatic heterocycles. The first-order valence-electron chi connectivity index (χ1n) is 7.37. The highest BCUT2D eigenvalue weighted by Gasteiger charge is 2.34. The highest BCUT2D eigenvalue weighted by molar-refractivity contribution is 5.93. The third kappa shape index (κ3) is 3.18. The van der Waals surface area contributed by atoms with E-state index in [0.717, 1.165) is 5.56 Å². The van der Waals surface area contributed by atoms with Gasteiger partial charge in [0.2, 0.25) is 0 Å². The van der Waals surface area contributed by atoms with Crippen molar-refractivity contribution in [1.82, 2.24) is 0 Å². The minimum atomic E-state index is -0.401. The molecule has 3 rings (SSSR count). The fourth-order valence-corrected chi connectivity index (χ4v) is 2.69. The van der Waals surface area contributed by atoms with Crippen molar-refractivity contribution in [3.63, 3.8) is 0 Å². The van der Waals surface area contributed by atoms with Crippen LogP contribution >= 0.6 is 0 Å². The van der Waals surface area contributed by atoms with Crippen LogP contribution in [0.5, 0.6) is 0 Å². The molecule has 2 aromatic carbocycles. The van der Waals surface area contributed by atoms with Crippen LogP contribution < -0.4 is 4.90 Å². The Balaban J connectivity index is 1.81. The number of amides is 1. The SMILES string of the molecule is COC(=O)c1ccc(N2C(=O)OC[C@@H]2Cc2ccccc2)cc1. The number of nitrogens with zero attached hydrogens (tertiary/aromatic N) is 1. The van der Waals surface area contributed by atoms with Crippen LogP contribution in [-0.4, -0.2) is 31.8 Å². The Morgan fingerprint density at radius 2 is 1.87 bits per heavy atom. The van der Waals surface area contributed by atoms with E-state index < -0.39 is 5.97 Å². The van der Waals surface area contributed by atoms with Gasteiger partial charge in [-0.15, -0.1) is 0 Å². The van der Waals surface area contributed by atoms with Crippen LogP contribution in [0.25, 0.3) is 0 Å². The lowest BCUT2D eigenvalue weighted by atomic mass is 10.1. The molecule has 0 bridgehead atoms. The molecule has 0 N–H and O–H groups in total. The van der Waals surface area contributed by atoms with E-state index in [1.54, 1.807) is 29.2 Å². The zero-order valence-electron chi connectivity index (χ0n) is 12.8.